The number of hydrogen-bond acceptors (Lipinski definition) is 1. The minimum absolute atomic E-state index is 0.0204. The number of halogens is 3. The van der Waals surface area contributed by atoms with Crippen molar-refractivity contribution in [2.24, 2.45) is 5.92 Å². The molecule has 0 saturated heterocycles. The van der Waals surface area contributed by atoms with Crippen molar-refractivity contribution in [2.45, 2.75) is 39.7 Å². The van der Waals surface area contributed by atoms with Gasteiger partial charge >= 0.3 is 0 Å². The molecule has 0 aromatic carbocycles. The zero-order chi connectivity index (χ0) is 25.0. The molecular formula is C28H35F3O. The number of rotatable bonds is 15. The van der Waals surface area contributed by atoms with Gasteiger partial charge in [-0.1, -0.05) is 64.6 Å². The highest BCUT2D eigenvalue weighted by Crippen LogP contribution is 2.29. The molecule has 32 heavy (non-hydrogen) atoms. The van der Waals surface area contributed by atoms with E-state index in [1.165, 1.54) is 18.2 Å². The van der Waals surface area contributed by atoms with Gasteiger partial charge in [0, 0.05) is 11.5 Å². The molecule has 0 aromatic heterocycles. The first-order valence-corrected chi connectivity index (χ1v) is 10.3. The van der Waals surface area contributed by atoms with Crippen LogP contribution in [-0.4, -0.2) is 12.7 Å². The molecule has 0 spiro atoms. The van der Waals surface area contributed by atoms with E-state index in [0.717, 1.165) is 0 Å². The minimum atomic E-state index is -1.13. The third-order valence-electron chi connectivity index (χ3n) is 4.59. The van der Waals surface area contributed by atoms with Crippen molar-refractivity contribution < 1.29 is 17.9 Å². The lowest BCUT2D eigenvalue weighted by Gasteiger charge is -2.16. The van der Waals surface area contributed by atoms with Gasteiger partial charge in [-0.2, -0.15) is 0 Å². The van der Waals surface area contributed by atoms with Gasteiger partial charge in [0.05, 0.1) is 12.7 Å². The Labute approximate surface area is 191 Å². The molecule has 174 valence electrons. The van der Waals surface area contributed by atoms with Gasteiger partial charge in [-0.05, 0) is 60.6 Å². The minimum Gasteiger partial charge on any atom is -0.378 e. The molecule has 0 amide bonds. The molecule has 0 saturated carbocycles. The second-order valence-electron chi connectivity index (χ2n) is 7.75. The molecule has 0 rings (SSSR count). The van der Waals surface area contributed by atoms with Crippen LogP contribution in [0.25, 0.3) is 0 Å². The van der Waals surface area contributed by atoms with Gasteiger partial charge in [0.15, 0.2) is 11.7 Å². The first kappa shape index (κ1) is 29.1. The van der Waals surface area contributed by atoms with E-state index in [9.17, 15) is 13.2 Å². The fraction of sp³-hybridized carbons (Fsp3) is 0.286. The van der Waals surface area contributed by atoms with E-state index >= 15 is 0 Å². The Balaban J connectivity index is 5.16. The monoisotopic (exact) mass is 444 g/mol. The fourth-order valence-corrected chi connectivity index (χ4v) is 2.23. The molecule has 4 heteroatoms. The molecule has 0 radical (unpaired) electrons. The molecule has 0 aliphatic carbocycles. The Hall–Kier alpha value is -2.85. The maximum absolute atomic E-state index is 14.5. The quantitative estimate of drug-likeness (QED) is 0.181. The molecule has 0 fully saturated rings. The summed E-state index contributed by atoms with van der Waals surface area (Å²) in [5, 5.41) is 0. The first-order valence-electron chi connectivity index (χ1n) is 10.3. The SMILES string of the molecule is C=CCCC(=C)/C(F)=C(/F)C(=C)C(=C)/C=C\C(=C)C(=C)/C=C(/F)C(=C)C(C)COC(C)C. The van der Waals surface area contributed by atoms with Gasteiger partial charge in [-0.3, -0.25) is 0 Å². The van der Waals surface area contributed by atoms with Gasteiger partial charge < -0.3 is 4.74 Å². The van der Waals surface area contributed by atoms with Gasteiger partial charge in [-0.25, -0.2) is 13.2 Å². The molecule has 0 aromatic rings. The van der Waals surface area contributed by atoms with E-state index in [1.54, 1.807) is 6.08 Å². The molecule has 0 aliphatic rings. The van der Waals surface area contributed by atoms with Crippen molar-refractivity contribution in [2.75, 3.05) is 6.61 Å². The third-order valence-corrected chi connectivity index (χ3v) is 4.59. The Morgan fingerprint density at radius 2 is 1.41 bits per heavy atom. The van der Waals surface area contributed by atoms with E-state index in [4.69, 9.17) is 4.74 Å². The second kappa shape index (κ2) is 14.3. The van der Waals surface area contributed by atoms with Crippen LogP contribution in [0.5, 0.6) is 0 Å². The number of hydrogen-bond donors (Lipinski definition) is 0. The largest absolute Gasteiger partial charge is 0.378 e. The zero-order valence-corrected chi connectivity index (χ0v) is 19.6. The predicted molar refractivity (Wildman–Crippen MR) is 132 cm³/mol. The maximum Gasteiger partial charge on any atom is 0.166 e. The van der Waals surface area contributed by atoms with Crippen LogP contribution in [-0.2, 0) is 4.74 Å². The van der Waals surface area contributed by atoms with Crippen LogP contribution in [0.15, 0.2) is 121 Å². The lowest BCUT2D eigenvalue weighted by molar-refractivity contribution is 0.0626. The summed E-state index contributed by atoms with van der Waals surface area (Å²) in [4.78, 5) is 0. The summed E-state index contributed by atoms with van der Waals surface area (Å²) in [6.45, 7) is 31.7. The van der Waals surface area contributed by atoms with Crippen LogP contribution in [0, 0.1) is 5.92 Å². The Morgan fingerprint density at radius 3 is 1.94 bits per heavy atom. The van der Waals surface area contributed by atoms with E-state index in [0.29, 0.717) is 29.7 Å². The highest BCUT2D eigenvalue weighted by atomic mass is 19.2. The summed E-state index contributed by atoms with van der Waals surface area (Å²) < 4.78 is 48.5. The van der Waals surface area contributed by atoms with Crippen LogP contribution < -0.4 is 0 Å². The van der Waals surface area contributed by atoms with Crippen LogP contribution in [0.1, 0.15) is 33.6 Å². The highest BCUT2D eigenvalue weighted by Gasteiger charge is 2.15. The molecule has 1 unspecified atom stereocenters. The van der Waals surface area contributed by atoms with Gasteiger partial charge in [0.25, 0.3) is 0 Å². The van der Waals surface area contributed by atoms with Crippen molar-refractivity contribution in [1.82, 2.24) is 0 Å². The normalized spacial score (nSPS) is 13.5. The zero-order valence-electron chi connectivity index (χ0n) is 19.6. The van der Waals surface area contributed by atoms with Crippen molar-refractivity contribution in [3.05, 3.63) is 121 Å². The van der Waals surface area contributed by atoms with E-state index in [-0.39, 0.29) is 35.2 Å². The van der Waals surface area contributed by atoms with E-state index in [1.807, 2.05) is 20.8 Å². The average Bonchev–Trinajstić information content (AvgIpc) is 2.76. The first-order chi connectivity index (χ1) is 14.8. The lowest BCUT2D eigenvalue weighted by Crippen LogP contribution is -2.13. The third kappa shape index (κ3) is 9.97. The second-order valence-corrected chi connectivity index (χ2v) is 7.75. The molecule has 1 nitrogen and oxygen atoms in total. The number of ether oxygens (including phenoxy) is 1. The Morgan fingerprint density at radius 1 is 0.844 bits per heavy atom. The molecule has 1 atom stereocenters. The van der Waals surface area contributed by atoms with Gasteiger partial charge in [0.2, 0.25) is 0 Å². The molecule has 0 heterocycles. The predicted octanol–water partition coefficient (Wildman–Crippen LogP) is 8.91. The van der Waals surface area contributed by atoms with E-state index < -0.39 is 17.5 Å². The van der Waals surface area contributed by atoms with Crippen LogP contribution >= 0.6 is 0 Å². The van der Waals surface area contributed by atoms with Crippen molar-refractivity contribution in [3.8, 4) is 0 Å². The smallest absolute Gasteiger partial charge is 0.166 e. The maximum atomic E-state index is 14.5. The van der Waals surface area contributed by atoms with Crippen LogP contribution in [0.3, 0.4) is 0 Å². The highest BCUT2D eigenvalue weighted by molar-refractivity contribution is 5.53. The molecule has 0 N–H and O–H groups in total. The molecular weight excluding hydrogens is 409 g/mol. The summed E-state index contributed by atoms with van der Waals surface area (Å²) in [6.07, 6.45) is 6.48. The molecule has 0 aliphatic heterocycles. The Kier molecular flexibility index (Phi) is 13.0. The summed E-state index contributed by atoms with van der Waals surface area (Å²) in [5.41, 5.74) is 0.902. The topological polar surface area (TPSA) is 9.23 Å². The summed E-state index contributed by atoms with van der Waals surface area (Å²) >= 11 is 0. The number of allylic oxidation sites excluding steroid dienone is 12. The van der Waals surface area contributed by atoms with Gasteiger partial charge in [0.1, 0.15) is 5.83 Å². The van der Waals surface area contributed by atoms with Crippen LogP contribution in [0.4, 0.5) is 13.2 Å². The van der Waals surface area contributed by atoms with Crippen LogP contribution in [0.2, 0.25) is 0 Å². The fourth-order valence-electron chi connectivity index (χ4n) is 2.23. The summed E-state index contributed by atoms with van der Waals surface area (Å²) in [7, 11) is 0. The summed E-state index contributed by atoms with van der Waals surface area (Å²) in [6, 6.07) is 0. The van der Waals surface area contributed by atoms with Crippen molar-refractivity contribution in [1.29, 1.82) is 0 Å². The molecule has 0 bridgehead atoms. The van der Waals surface area contributed by atoms with E-state index in [2.05, 4.69) is 46.1 Å². The van der Waals surface area contributed by atoms with Crippen molar-refractivity contribution >= 4 is 0 Å². The van der Waals surface area contributed by atoms with Gasteiger partial charge in [-0.15, -0.1) is 6.58 Å². The lowest BCUT2D eigenvalue weighted by atomic mass is 9.99. The van der Waals surface area contributed by atoms with Crippen molar-refractivity contribution in [3.63, 3.8) is 0 Å². The summed E-state index contributed by atoms with van der Waals surface area (Å²) in [5.74, 6) is -2.92. The Bertz CT molecular complexity index is 878. The standard InChI is InChI=1S/C28H35F3O/c1-11-12-13-21(6)27(30)28(31)25(10)20(5)15-14-19(4)22(7)16-26(29)24(9)23(8)17-32-18(2)3/h11,14-16,18,23H,1,4-7,9-10,12-13,17H2,2-3,8H3/b15-14-,26-16+,28-27-. The average molecular weight is 445 g/mol.